The van der Waals surface area contributed by atoms with Crippen LogP contribution >= 0.6 is 0 Å². The van der Waals surface area contributed by atoms with Crippen LogP contribution in [0, 0.1) is 0 Å². The highest BCUT2D eigenvalue weighted by molar-refractivity contribution is 5.79. The van der Waals surface area contributed by atoms with E-state index in [0.717, 1.165) is 71.4 Å². The van der Waals surface area contributed by atoms with Crippen LogP contribution in [0.2, 0.25) is 0 Å². The van der Waals surface area contributed by atoms with Crippen LogP contribution in [0.5, 0.6) is 0 Å². The number of guanidine groups is 1. The first kappa shape index (κ1) is 21.5. The molecule has 2 N–H and O–H groups in total. The number of unbranched alkanes of at least 4 members (excludes halogenated alkanes) is 1. The maximum Gasteiger partial charge on any atom is 0.191 e. The summed E-state index contributed by atoms with van der Waals surface area (Å²) in [6.07, 6.45) is 2.33. The van der Waals surface area contributed by atoms with Gasteiger partial charge in [0.15, 0.2) is 5.96 Å². The molecule has 0 spiro atoms. The van der Waals surface area contributed by atoms with Gasteiger partial charge < -0.3 is 20.3 Å². The molecule has 1 heterocycles. The van der Waals surface area contributed by atoms with E-state index in [2.05, 4.69) is 62.7 Å². The molecule has 0 aromatic heterocycles. The average Bonchev–Trinajstić information content (AvgIpc) is 2.72. The van der Waals surface area contributed by atoms with Crippen molar-refractivity contribution < 1.29 is 4.74 Å². The zero-order chi connectivity index (χ0) is 19.2. The van der Waals surface area contributed by atoms with Crippen molar-refractivity contribution in [2.24, 2.45) is 4.99 Å². The number of anilines is 1. The number of nitrogens with zero attached hydrogens (tertiary/aromatic N) is 3. The molecule has 0 radical (unpaired) electrons. The quantitative estimate of drug-likeness (QED) is 0.353. The third-order valence-corrected chi connectivity index (χ3v) is 4.73. The summed E-state index contributed by atoms with van der Waals surface area (Å²) in [5, 5.41) is 6.60. The van der Waals surface area contributed by atoms with E-state index >= 15 is 0 Å². The maximum absolute atomic E-state index is 5.35. The van der Waals surface area contributed by atoms with Gasteiger partial charge in [-0.05, 0) is 45.4 Å². The van der Waals surface area contributed by atoms with Gasteiger partial charge in [0.25, 0.3) is 0 Å². The molecule has 0 saturated carbocycles. The summed E-state index contributed by atoms with van der Waals surface area (Å²) in [6.45, 7) is 13.9. The minimum atomic E-state index is 0.718. The largest absolute Gasteiger partial charge is 0.380 e. The van der Waals surface area contributed by atoms with E-state index in [9.17, 15) is 0 Å². The normalized spacial score (nSPS) is 15.8. The highest BCUT2D eigenvalue weighted by atomic mass is 16.5. The van der Waals surface area contributed by atoms with Gasteiger partial charge in [-0.1, -0.05) is 18.2 Å². The highest BCUT2D eigenvalue weighted by Gasteiger charge is 2.16. The maximum atomic E-state index is 5.35. The van der Waals surface area contributed by atoms with Gasteiger partial charge in [-0.3, -0.25) is 9.89 Å². The lowest BCUT2D eigenvalue weighted by Crippen LogP contribution is -2.46. The second-order valence-corrected chi connectivity index (χ2v) is 6.76. The number of nitrogens with one attached hydrogen (secondary N) is 2. The molecule has 1 aliphatic heterocycles. The lowest BCUT2D eigenvalue weighted by Gasteiger charge is -2.36. The summed E-state index contributed by atoms with van der Waals surface area (Å²) in [5.41, 5.74) is 1.35. The zero-order valence-electron chi connectivity index (χ0n) is 17.1. The van der Waals surface area contributed by atoms with E-state index in [1.165, 1.54) is 18.7 Å². The second-order valence-electron chi connectivity index (χ2n) is 6.76. The average molecular weight is 376 g/mol. The molecule has 1 aromatic carbocycles. The van der Waals surface area contributed by atoms with E-state index in [4.69, 9.17) is 4.74 Å². The van der Waals surface area contributed by atoms with E-state index in [-0.39, 0.29) is 0 Å². The minimum Gasteiger partial charge on any atom is -0.380 e. The number of ether oxygens (including phenoxy) is 1. The molecule has 0 aliphatic carbocycles. The Labute approximate surface area is 165 Å². The predicted molar refractivity (Wildman–Crippen MR) is 115 cm³/mol. The predicted octanol–water partition coefficient (Wildman–Crippen LogP) is 2.18. The van der Waals surface area contributed by atoms with Crippen molar-refractivity contribution in [1.82, 2.24) is 15.5 Å². The van der Waals surface area contributed by atoms with E-state index < -0.39 is 0 Å². The molecule has 6 heteroatoms. The Balaban J connectivity index is 1.58. The fraction of sp³-hybridized carbons (Fsp3) is 0.667. The molecular weight excluding hydrogens is 338 g/mol. The van der Waals surface area contributed by atoms with Crippen LogP contribution in [0.1, 0.15) is 26.7 Å². The number of aliphatic imine (C=N–C) groups is 1. The van der Waals surface area contributed by atoms with Crippen LogP contribution in [0.15, 0.2) is 35.3 Å². The molecular formula is C21H37N5O. The third-order valence-electron chi connectivity index (χ3n) is 4.73. The van der Waals surface area contributed by atoms with E-state index in [0.29, 0.717) is 0 Å². The van der Waals surface area contributed by atoms with Crippen LogP contribution in [0.3, 0.4) is 0 Å². The number of hydrogen-bond acceptors (Lipinski definition) is 4. The third kappa shape index (κ3) is 8.63. The van der Waals surface area contributed by atoms with Gasteiger partial charge in [-0.2, -0.15) is 0 Å². The fourth-order valence-electron chi connectivity index (χ4n) is 3.23. The van der Waals surface area contributed by atoms with Gasteiger partial charge in [-0.25, -0.2) is 0 Å². The van der Waals surface area contributed by atoms with Gasteiger partial charge in [0.2, 0.25) is 0 Å². The number of hydrogen-bond donors (Lipinski definition) is 2. The van der Waals surface area contributed by atoms with Gasteiger partial charge in [0.1, 0.15) is 0 Å². The van der Waals surface area contributed by atoms with Crippen molar-refractivity contribution in [3.63, 3.8) is 0 Å². The van der Waals surface area contributed by atoms with Crippen molar-refractivity contribution in [3.05, 3.63) is 30.3 Å². The molecule has 1 aromatic rings. The van der Waals surface area contributed by atoms with Gasteiger partial charge in [0, 0.05) is 58.1 Å². The SMILES string of the molecule is CCNC(=NCCCCN1CCN(c2ccccc2)CC1)NCCOCC. The zero-order valence-corrected chi connectivity index (χ0v) is 17.1. The Hall–Kier alpha value is -1.79. The topological polar surface area (TPSA) is 52.1 Å². The molecule has 1 fully saturated rings. The molecule has 152 valence electrons. The van der Waals surface area contributed by atoms with Gasteiger partial charge in [-0.15, -0.1) is 0 Å². The number of para-hydroxylation sites is 1. The first-order valence-electron chi connectivity index (χ1n) is 10.5. The summed E-state index contributed by atoms with van der Waals surface area (Å²) >= 11 is 0. The summed E-state index contributed by atoms with van der Waals surface area (Å²) in [4.78, 5) is 9.72. The van der Waals surface area contributed by atoms with Crippen LogP contribution in [-0.2, 0) is 4.74 Å². The molecule has 6 nitrogen and oxygen atoms in total. The Morgan fingerprint density at radius 2 is 1.81 bits per heavy atom. The second kappa shape index (κ2) is 13.4. The fourth-order valence-corrected chi connectivity index (χ4v) is 3.23. The summed E-state index contributed by atoms with van der Waals surface area (Å²) in [6, 6.07) is 10.7. The summed E-state index contributed by atoms with van der Waals surface area (Å²) < 4.78 is 5.35. The first-order chi connectivity index (χ1) is 13.3. The van der Waals surface area contributed by atoms with Crippen molar-refractivity contribution in [2.75, 3.05) is 70.5 Å². The minimum absolute atomic E-state index is 0.718. The number of rotatable bonds is 11. The Kier molecular flexibility index (Phi) is 10.7. The molecule has 0 atom stereocenters. The molecule has 2 rings (SSSR count). The van der Waals surface area contributed by atoms with Crippen molar-refractivity contribution in [3.8, 4) is 0 Å². The van der Waals surface area contributed by atoms with Crippen LogP contribution in [-0.4, -0.2) is 76.4 Å². The summed E-state index contributed by atoms with van der Waals surface area (Å²) in [7, 11) is 0. The summed E-state index contributed by atoms with van der Waals surface area (Å²) in [5.74, 6) is 0.897. The standard InChI is InChI=1S/C21H37N5O/c1-3-22-21(24-13-19-27-4-2)23-12-8-9-14-25-15-17-26(18-16-25)20-10-6-5-7-11-20/h5-7,10-11H,3-4,8-9,12-19H2,1-2H3,(H2,22,23,24). The molecule has 0 unspecified atom stereocenters. The monoisotopic (exact) mass is 375 g/mol. The number of piperazine rings is 1. The molecule has 1 saturated heterocycles. The van der Waals surface area contributed by atoms with Crippen molar-refractivity contribution >= 4 is 11.6 Å². The molecule has 0 bridgehead atoms. The van der Waals surface area contributed by atoms with Gasteiger partial charge >= 0.3 is 0 Å². The van der Waals surface area contributed by atoms with Crippen molar-refractivity contribution in [2.45, 2.75) is 26.7 Å². The Morgan fingerprint density at radius 1 is 1.04 bits per heavy atom. The Morgan fingerprint density at radius 3 is 2.52 bits per heavy atom. The highest BCUT2D eigenvalue weighted by Crippen LogP contribution is 2.15. The van der Waals surface area contributed by atoms with E-state index in [1.807, 2.05) is 6.92 Å². The first-order valence-corrected chi connectivity index (χ1v) is 10.5. The van der Waals surface area contributed by atoms with E-state index in [1.54, 1.807) is 0 Å². The lowest BCUT2D eigenvalue weighted by atomic mass is 10.2. The molecule has 0 amide bonds. The lowest BCUT2D eigenvalue weighted by molar-refractivity contribution is 0.152. The molecule has 27 heavy (non-hydrogen) atoms. The Bertz CT molecular complexity index is 515. The number of benzene rings is 1. The van der Waals surface area contributed by atoms with Crippen LogP contribution < -0.4 is 15.5 Å². The van der Waals surface area contributed by atoms with Crippen LogP contribution in [0.25, 0.3) is 0 Å². The smallest absolute Gasteiger partial charge is 0.191 e. The van der Waals surface area contributed by atoms with Crippen LogP contribution in [0.4, 0.5) is 5.69 Å². The van der Waals surface area contributed by atoms with Crippen molar-refractivity contribution in [1.29, 1.82) is 0 Å². The molecule has 1 aliphatic rings. The van der Waals surface area contributed by atoms with Gasteiger partial charge in [0.05, 0.1) is 6.61 Å².